The summed E-state index contributed by atoms with van der Waals surface area (Å²) in [6.45, 7) is 1.92. The highest BCUT2D eigenvalue weighted by Crippen LogP contribution is 2.36. The largest absolute Gasteiger partial charge is 0.344 e. The summed E-state index contributed by atoms with van der Waals surface area (Å²) in [6.07, 6.45) is 4.08. The van der Waals surface area contributed by atoms with Crippen LogP contribution < -0.4 is 5.73 Å². The highest BCUT2D eigenvalue weighted by Gasteiger charge is 2.34. The Morgan fingerprint density at radius 3 is 2.76 bits per heavy atom. The van der Waals surface area contributed by atoms with Crippen LogP contribution in [-0.4, -0.2) is 14.9 Å². The summed E-state index contributed by atoms with van der Waals surface area (Å²) in [7, 11) is 0. The topological polar surface area (TPSA) is 97.8 Å². The van der Waals surface area contributed by atoms with Crippen LogP contribution in [0.3, 0.4) is 0 Å². The molecule has 21 heavy (non-hydrogen) atoms. The van der Waals surface area contributed by atoms with E-state index in [1.54, 1.807) is 12.1 Å². The standard InChI is InChI=1S/C15H18N4O2/c1-10-13(11-5-4-6-12(9-11)19(20)21)18-14(17-10)15(16)7-2-3-8-15/h4-6,9H,2-3,7-8,16H2,1H3,(H,17,18). The van der Waals surface area contributed by atoms with Gasteiger partial charge in [-0.15, -0.1) is 0 Å². The molecule has 0 saturated heterocycles. The molecule has 1 aliphatic carbocycles. The normalized spacial score (nSPS) is 17.0. The quantitative estimate of drug-likeness (QED) is 0.669. The maximum absolute atomic E-state index is 10.9. The van der Waals surface area contributed by atoms with Crippen molar-refractivity contribution in [1.82, 2.24) is 9.97 Å². The van der Waals surface area contributed by atoms with Crippen molar-refractivity contribution in [2.24, 2.45) is 5.73 Å². The number of non-ortho nitro benzene ring substituents is 1. The van der Waals surface area contributed by atoms with Crippen LogP contribution in [0, 0.1) is 17.0 Å². The van der Waals surface area contributed by atoms with E-state index in [0.29, 0.717) is 0 Å². The Balaban J connectivity index is 2.02. The Morgan fingerprint density at radius 1 is 1.38 bits per heavy atom. The lowest BCUT2D eigenvalue weighted by Crippen LogP contribution is -2.34. The van der Waals surface area contributed by atoms with Gasteiger partial charge < -0.3 is 10.7 Å². The second-order valence-electron chi connectivity index (χ2n) is 5.73. The lowest BCUT2D eigenvalue weighted by Gasteiger charge is -2.20. The Kier molecular flexibility index (Phi) is 3.25. The molecule has 110 valence electrons. The van der Waals surface area contributed by atoms with Gasteiger partial charge in [0.25, 0.3) is 5.69 Å². The number of benzene rings is 1. The summed E-state index contributed by atoms with van der Waals surface area (Å²) in [6, 6.07) is 6.53. The number of imidazole rings is 1. The van der Waals surface area contributed by atoms with Gasteiger partial charge in [0.15, 0.2) is 0 Å². The van der Waals surface area contributed by atoms with E-state index in [0.717, 1.165) is 48.5 Å². The molecule has 6 nitrogen and oxygen atoms in total. The number of nitrogens with zero attached hydrogens (tertiary/aromatic N) is 2. The molecule has 3 rings (SSSR count). The Hall–Kier alpha value is -2.21. The van der Waals surface area contributed by atoms with Crippen LogP contribution >= 0.6 is 0 Å². The summed E-state index contributed by atoms with van der Waals surface area (Å²) in [5.41, 5.74) is 8.47. The molecule has 1 heterocycles. The van der Waals surface area contributed by atoms with Gasteiger partial charge in [-0.3, -0.25) is 10.1 Å². The molecule has 0 aliphatic heterocycles. The molecule has 6 heteroatoms. The van der Waals surface area contributed by atoms with Gasteiger partial charge in [0.2, 0.25) is 0 Å². The number of nitrogens with two attached hydrogens (primary N) is 1. The minimum Gasteiger partial charge on any atom is -0.344 e. The highest BCUT2D eigenvalue weighted by molar-refractivity contribution is 5.65. The number of nitro groups is 1. The van der Waals surface area contributed by atoms with E-state index in [9.17, 15) is 10.1 Å². The van der Waals surface area contributed by atoms with Gasteiger partial charge in [-0.05, 0) is 19.8 Å². The number of hydrogen-bond donors (Lipinski definition) is 2. The van der Waals surface area contributed by atoms with Crippen molar-refractivity contribution >= 4 is 5.69 Å². The van der Waals surface area contributed by atoms with Crippen LogP contribution in [0.25, 0.3) is 11.3 Å². The van der Waals surface area contributed by atoms with E-state index in [1.807, 2.05) is 13.0 Å². The van der Waals surface area contributed by atoms with Crippen molar-refractivity contribution in [3.05, 3.63) is 45.9 Å². The molecule has 0 bridgehead atoms. The Labute approximate surface area is 122 Å². The number of aryl methyl sites for hydroxylation is 1. The number of hydrogen-bond acceptors (Lipinski definition) is 4. The van der Waals surface area contributed by atoms with Crippen LogP contribution in [0.5, 0.6) is 0 Å². The SMILES string of the molecule is Cc1[nH]c(C2(N)CCCC2)nc1-c1cccc([N+](=O)[O-])c1. The van der Waals surface area contributed by atoms with Crippen molar-refractivity contribution < 1.29 is 4.92 Å². The van der Waals surface area contributed by atoms with Gasteiger partial charge >= 0.3 is 0 Å². The summed E-state index contributed by atoms with van der Waals surface area (Å²) in [4.78, 5) is 18.4. The molecule has 1 aromatic carbocycles. The summed E-state index contributed by atoms with van der Waals surface area (Å²) in [5, 5.41) is 10.9. The third kappa shape index (κ3) is 2.42. The lowest BCUT2D eigenvalue weighted by molar-refractivity contribution is -0.384. The average molecular weight is 286 g/mol. The maximum Gasteiger partial charge on any atom is 0.270 e. The number of aromatic nitrogens is 2. The number of H-pyrrole nitrogens is 1. The molecule has 2 aromatic rings. The number of nitrogens with one attached hydrogen (secondary N) is 1. The van der Waals surface area contributed by atoms with Crippen molar-refractivity contribution in [3.63, 3.8) is 0 Å². The van der Waals surface area contributed by atoms with E-state index >= 15 is 0 Å². The third-order valence-corrected chi connectivity index (χ3v) is 4.18. The number of nitro benzene ring substituents is 1. The van der Waals surface area contributed by atoms with Crippen molar-refractivity contribution in [2.45, 2.75) is 38.1 Å². The molecular formula is C15H18N4O2. The second-order valence-corrected chi connectivity index (χ2v) is 5.73. The zero-order valence-electron chi connectivity index (χ0n) is 11.9. The molecule has 1 saturated carbocycles. The molecule has 1 aromatic heterocycles. The van der Waals surface area contributed by atoms with Gasteiger partial charge in [-0.1, -0.05) is 25.0 Å². The first-order chi connectivity index (χ1) is 9.99. The lowest BCUT2D eigenvalue weighted by atomic mass is 9.99. The van der Waals surface area contributed by atoms with Crippen LogP contribution in [0.1, 0.15) is 37.2 Å². The van der Waals surface area contributed by atoms with Crippen molar-refractivity contribution in [3.8, 4) is 11.3 Å². The molecule has 0 amide bonds. The predicted octanol–water partition coefficient (Wildman–Crippen LogP) is 3.02. The molecule has 0 radical (unpaired) electrons. The fourth-order valence-corrected chi connectivity index (χ4v) is 2.99. The van der Waals surface area contributed by atoms with Gasteiger partial charge in [-0.2, -0.15) is 0 Å². The third-order valence-electron chi connectivity index (χ3n) is 4.18. The monoisotopic (exact) mass is 286 g/mol. The van der Waals surface area contributed by atoms with Crippen molar-refractivity contribution in [1.29, 1.82) is 0 Å². The van der Waals surface area contributed by atoms with Gasteiger partial charge in [0.1, 0.15) is 5.82 Å². The summed E-state index contributed by atoms with van der Waals surface area (Å²) in [5.74, 6) is 0.791. The number of aromatic amines is 1. The molecule has 1 fully saturated rings. The fraction of sp³-hybridized carbons (Fsp3) is 0.400. The molecule has 1 aliphatic rings. The van der Waals surface area contributed by atoms with E-state index in [4.69, 9.17) is 5.73 Å². The minimum atomic E-state index is -0.395. The van der Waals surface area contributed by atoms with E-state index < -0.39 is 4.92 Å². The van der Waals surface area contributed by atoms with E-state index in [2.05, 4.69) is 9.97 Å². The summed E-state index contributed by atoms with van der Waals surface area (Å²) >= 11 is 0. The van der Waals surface area contributed by atoms with Crippen LogP contribution in [-0.2, 0) is 5.54 Å². The molecular weight excluding hydrogens is 268 g/mol. The first kappa shape index (κ1) is 13.8. The Bertz CT molecular complexity index is 687. The van der Waals surface area contributed by atoms with Gasteiger partial charge in [-0.25, -0.2) is 4.98 Å². The number of rotatable bonds is 3. The van der Waals surface area contributed by atoms with Crippen LogP contribution in [0.4, 0.5) is 5.69 Å². The van der Waals surface area contributed by atoms with Gasteiger partial charge in [0.05, 0.1) is 16.2 Å². The maximum atomic E-state index is 10.9. The second kappa shape index (κ2) is 4.96. The minimum absolute atomic E-state index is 0.0692. The first-order valence-electron chi connectivity index (χ1n) is 7.10. The fourth-order valence-electron chi connectivity index (χ4n) is 2.99. The zero-order chi connectivity index (χ0) is 15.0. The average Bonchev–Trinajstić information content (AvgIpc) is 3.06. The van der Waals surface area contributed by atoms with Crippen LogP contribution in [0.15, 0.2) is 24.3 Å². The molecule has 0 unspecified atom stereocenters. The van der Waals surface area contributed by atoms with Crippen molar-refractivity contribution in [2.75, 3.05) is 0 Å². The van der Waals surface area contributed by atoms with E-state index in [-0.39, 0.29) is 11.2 Å². The zero-order valence-corrected chi connectivity index (χ0v) is 11.9. The predicted molar refractivity (Wildman–Crippen MR) is 79.7 cm³/mol. The highest BCUT2D eigenvalue weighted by atomic mass is 16.6. The van der Waals surface area contributed by atoms with E-state index in [1.165, 1.54) is 6.07 Å². The first-order valence-corrected chi connectivity index (χ1v) is 7.10. The van der Waals surface area contributed by atoms with Gasteiger partial charge in [0, 0.05) is 23.4 Å². The smallest absolute Gasteiger partial charge is 0.270 e. The molecule has 3 N–H and O–H groups in total. The van der Waals surface area contributed by atoms with Crippen LogP contribution in [0.2, 0.25) is 0 Å². The molecule has 0 spiro atoms. The Morgan fingerprint density at radius 2 is 2.10 bits per heavy atom. The molecule has 0 atom stereocenters. The summed E-state index contributed by atoms with van der Waals surface area (Å²) < 4.78 is 0.